The minimum Gasteiger partial charge on any atom is -0.210 e. The van der Waals surface area contributed by atoms with E-state index >= 15 is 0 Å². The summed E-state index contributed by atoms with van der Waals surface area (Å²) < 4.78 is 81.3. The van der Waals surface area contributed by atoms with Crippen molar-refractivity contribution in [2.75, 3.05) is 3.71 Å². The molecule has 0 saturated heterocycles. The standard InChI is InChI=1S/C7H8F3N3O4S2/c8-7(9,10)5-2-1-3-6(4-5)13(18(11,14)15)19(12,16)17/h1-4H,(H2,11,14,15)(H2,12,16,17). The highest BCUT2D eigenvalue weighted by molar-refractivity contribution is 8.08. The Morgan fingerprint density at radius 1 is 1.00 bits per heavy atom. The molecule has 12 heteroatoms. The fourth-order valence-corrected chi connectivity index (χ4v) is 3.21. The minimum absolute atomic E-state index is 0.300. The third-order valence-corrected chi connectivity index (χ3v) is 4.44. The van der Waals surface area contributed by atoms with Crippen molar-refractivity contribution in [3.05, 3.63) is 29.8 Å². The molecule has 0 aromatic heterocycles. The quantitative estimate of drug-likeness (QED) is 0.808. The Bertz CT molecular complexity index is 652. The summed E-state index contributed by atoms with van der Waals surface area (Å²) in [6.07, 6.45) is -4.78. The molecule has 1 aromatic carbocycles. The average Bonchev–Trinajstić information content (AvgIpc) is 2.11. The largest absolute Gasteiger partial charge is 0.416 e. The van der Waals surface area contributed by atoms with Crippen LogP contribution in [0.4, 0.5) is 18.9 Å². The van der Waals surface area contributed by atoms with Gasteiger partial charge in [0.2, 0.25) is 0 Å². The molecule has 7 nitrogen and oxygen atoms in total. The predicted molar refractivity (Wildman–Crippen MR) is 60.1 cm³/mol. The van der Waals surface area contributed by atoms with Gasteiger partial charge in [-0.25, -0.2) is 10.3 Å². The summed E-state index contributed by atoms with van der Waals surface area (Å²) in [5.74, 6) is 0. The first-order chi connectivity index (χ1) is 8.33. The highest BCUT2D eigenvalue weighted by atomic mass is 32.3. The van der Waals surface area contributed by atoms with Gasteiger partial charge in [-0.15, -0.1) is 3.71 Å². The monoisotopic (exact) mass is 319 g/mol. The van der Waals surface area contributed by atoms with E-state index in [1.807, 2.05) is 0 Å². The predicted octanol–water partition coefficient (Wildman–Crippen LogP) is -0.0812. The summed E-state index contributed by atoms with van der Waals surface area (Å²) in [5.41, 5.74) is -2.08. The summed E-state index contributed by atoms with van der Waals surface area (Å²) in [7, 11) is -9.77. The Balaban J connectivity index is 3.51. The van der Waals surface area contributed by atoms with Crippen LogP contribution in [0, 0.1) is 0 Å². The molecule has 19 heavy (non-hydrogen) atoms. The van der Waals surface area contributed by atoms with Crippen molar-refractivity contribution in [2.45, 2.75) is 6.18 Å². The fourth-order valence-electron chi connectivity index (χ4n) is 1.23. The maximum atomic E-state index is 12.4. The number of hydrogen-bond donors (Lipinski definition) is 2. The Morgan fingerprint density at radius 3 is 1.84 bits per heavy atom. The minimum atomic E-state index is -4.88. The van der Waals surface area contributed by atoms with E-state index in [2.05, 4.69) is 10.3 Å². The SMILES string of the molecule is NS(=O)(=O)N(c1cccc(C(F)(F)F)c1)S(N)(=O)=O. The molecule has 108 valence electrons. The molecule has 1 rings (SSSR count). The van der Waals surface area contributed by atoms with Gasteiger partial charge < -0.3 is 0 Å². The lowest BCUT2D eigenvalue weighted by molar-refractivity contribution is -0.137. The van der Waals surface area contributed by atoms with Crippen LogP contribution in [-0.4, -0.2) is 16.8 Å². The molecule has 0 amide bonds. The average molecular weight is 319 g/mol. The molecular weight excluding hydrogens is 311 g/mol. The van der Waals surface area contributed by atoms with Gasteiger partial charge in [0.1, 0.15) is 0 Å². The molecule has 0 spiro atoms. The van der Waals surface area contributed by atoms with Crippen LogP contribution >= 0.6 is 0 Å². The number of nitrogens with two attached hydrogens (primary N) is 2. The molecule has 0 radical (unpaired) electrons. The summed E-state index contributed by atoms with van der Waals surface area (Å²) in [6, 6.07) is 2.56. The van der Waals surface area contributed by atoms with Crippen LogP contribution < -0.4 is 14.0 Å². The highest BCUT2D eigenvalue weighted by Gasteiger charge is 2.34. The van der Waals surface area contributed by atoms with Gasteiger partial charge in [-0.05, 0) is 18.2 Å². The molecule has 0 heterocycles. The molecule has 0 saturated carbocycles. The van der Waals surface area contributed by atoms with Crippen LogP contribution in [0.25, 0.3) is 0 Å². The topological polar surface area (TPSA) is 124 Å². The molecule has 0 unspecified atom stereocenters. The Labute approximate surface area is 107 Å². The zero-order valence-electron chi connectivity index (χ0n) is 8.99. The van der Waals surface area contributed by atoms with Crippen molar-refractivity contribution in [3.63, 3.8) is 0 Å². The number of anilines is 1. The first-order valence-electron chi connectivity index (χ1n) is 4.37. The summed E-state index contributed by atoms with van der Waals surface area (Å²) in [6.45, 7) is 0. The van der Waals surface area contributed by atoms with Crippen LogP contribution in [0.15, 0.2) is 24.3 Å². The summed E-state index contributed by atoms with van der Waals surface area (Å²) in [4.78, 5) is 0. The van der Waals surface area contributed by atoms with Crippen molar-refractivity contribution < 1.29 is 30.0 Å². The van der Waals surface area contributed by atoms with E-state index in [0.29, 0.717) is 12.1 Å². The second-order valence-corrected chi connectivity index (χ2v) is 6.36. The number of halogens is 3. The van der Waals surface area contributed by atoms with Gasteiger partial charge in [-0.3, -0.25) is 0 Å². The molecule has 4 N–H and O–H groups in total. The van der Waals surface area contributed by atoms with Crippen molar-refractivity contribution in [2.24, 2.45) is 10.3 Å². The molecule has 0 aliphatic heterocycles. The molecular formula is C7H8F3N3O4S2. The summed E-state index contributed by atoms with van der Waals surface area (Å²) >= 11 is 0. The van der Waals surface area contributed by atoms with Crippen LogP contribution in [-0.2, 0) is 26.6 Å². The van der Waals surface area contributed by atoms with E-state index < -0.39 is 41.6 Å². The van der Waals surface area contributed by atoms with E-state index in [1.54, 1.807) is 0 Å². The highest BCUT2D eigenvalue weighted by Crippen LogP contribution is 2.32. The molecule has 0 fully saturated rings. The van der Waals surface area contributed by atoms with E-state index in [9.17, 15) is 30.0 Å². The lowest BCUT2D eigenvalue weighted by Crippen LogP contribution is -2.45. The van der Waals surface area contributed by atoms with E-state index in [4.69, 9.17) is 0 Å². The van der Waals surface area contributed by atoms with Gasteiger partial charge in [0.25, 0.3) is 0 Å². The van der Waals surface area contributed by atoms with Crippen molar-refractivity contribution in [1.29, 1.82) is 0 Å². The molecule has 0 aliphatic rings. The maximum Gasteiger partial charge on any atom is 0.416 e. The molecule has 0 bridgehead atoms. The van der Waals surface area contributed by atoms with E-state index in [-0.39, 0.29) is 0 Å². The van der Waals surface area contributed by atoms with E-state index in [1.165, 1.54) is 0 Å². The normalized spacial score (nSPS) is 13.3. The number of benzene rings is 1. The maximum absolute atomic E-state index is 12.4. The third kappa shape index (κ3) is 3.79. The number of rotatable bonds is 3. The smallest absolute Gasteiger partial charge is 0.210 e. The number of hydrogen-bond acceptors (Lipinski definition) is 4. The molecule has 0 atom stereocenters. The molecule has 0 aliphatic carbocycles. The lowest BCUT2D eigenvalue weighted by atomic mass is 10.2. The Kier molecular flexibility index (Phi) is 3.82. The Morgan fingerprint density at radius 2 is 1.47 bits per heavy atom. The van der Waals surface area contributed by atoms with Crippen LogP contribution in [0.2, 0.25) is 0 Å². The van der Waals surface area contributed by atoms with Crippen LogP contribution in [0.1, 0.15) is 5.56 Å². The Hall–Kier alpha value is -1.37. The van der Waals surface area contributed by atoms with Gasteiger partial charge in [0, 0.05) is 0 Å². The second-order valence-electron chi connectivity index (χ2n) is 3.34. The van der Waals surface area contributed by atoms with Gasteiger partial charge in [0.05, 0.1) is 11.3 Å². The molecule has 1 aromatic rings. The van der Waals surface area contributed by atoms with Gasteiger partial charge in [0.15, 0.2) is 0 Å². The fraction of sp³-hybridized carbons (Fsp3) is 0.143. The second kappa shape index (κ2) is 4.63. The van der Waals surface area contributed by atoms with Gasteiger partial charge >= 0.3 is 26.6 Å². The lowest BCUT2D eigenvalue weighted by Gasteiger charge is -2.19. The number of alkyl halides is 3. The zero-order chi connectivity index (χ0) is 15.1. The number of nitrogens with zero attached hydrogens (tertiary/aromatic N) is 1. The van der Waals surface area contributed by atoms with Crippen LogP contribution in [0.3, 0.4) is 0 Å². The van der Waals surface area contributed by atoms with Crippen molar-refractivity contribution in [3.8, 4) is 0 Å². The third-order valence-electron chi connectivity index (χ3n) is 1.85. The van der Waals surface area contributed by atoms with E-state index in [0.717, 1.165) is 12.1 Å². The van der Waals surface area contributed by atoms with Gasteiger partial charge in [-0.2, -0.15) is 30.0 Å². The van der Waals surface area contributed by atoms with Crippen molar-refractivity contribution >= 4 is 26.1 Å². The first-order valence-corrected chi connectivity index (χ1v) is 7.37. The van der Waals surface area contributed by atoms with Crippen LogP contribution in [0.5, 0.6) is 0 Å². The van der Waals surface area contributed by atoms with Gasteiger partial charge in [-0.1, -0.05) is 6.07 Å². The zero-order valence-corrected chi connectivity index (χ0v) is 10.6. The summed E-state index contributed by atoms with van der Waals surface area (Å²) in [5, 5.41) is 9.23. The van der Waals surface area contributed by atoms with Crippen molar-refractivity contribution in [1.82, 2.24) is 0 Å². The first kappa shape index (κ1) is 15.7.